The molecule has 2 amide bonds. The first-order chi connectivity index (χ1) is 16.5. The van der Waals surface area contributed by atoms with Crippen LogP contribution in [-0.4, -0.2) is 58.9 Å². The summed E-state index contributed by atoms with van der Waals surface area (Å²) in [5.74, 6) is 3.48. The van der Waals surface area contributed by atoms with E-state index in [0.717, 1.165) is 42.4 Å². The highest BCUT2D eigenvalue weighted by Gasteiger charge is 2.44. The van der Waals surface area contributed by atoms with Crippen LogP contribution in [0.4, 0.5) is 15.3 Å². The molecule has 182 valence electrons. The number of ether oxygens (including phenoxy) is 1. The molecule has 4 N–H and O–H groups in total. The molecule has 3 heterocycles. The molecule has 34 heavy (non-hydrogen) atoms. The lowest BCUT2D eigenvalue weighted by Crippen LogP contribution is -2.46. The molecule has 0 bridgehead atoms. The van der Waals surface area contributed by atoms with Gasteiger partial charge in [0.15, 0.2) is 0 Å². The molecule has 3 aliphatic rings. The number of nitrogens with one attached hydrogen (secondary N) is 3. The van der Waals surface area contributed by atoms with Gasteiger partial charge >= 0.3 is 12.2 Å². The molecule has 9 nitrogen and oxygen atoms in total. The predicted octanol–water partition coefficient (Wildman–Crippen LogP) is 4.32. The second-order valence-electron chi connectivity index (χ2n) is 9.87. The second kappa shape index (κ2) is 9.66. The first-order valence-corrected chi connectivity index (χ1v) is 12.2. The van der Waals surface area contributed by atoms with E-state index in [4.69, 9.17) is 4.98 Å². The minimum absolute atomic E-state index is 0.219. The van der Waals surface area contributed by atoms with Gasteiger partial charge in [-0.15, -0.1) is 0 Å². The molecule has 3 fully saturated rings. The third kappa shape index (κ3) is 4.89. The van der Waals surface area contributed by atoms with Gasteiger partial charge in [-0.2, -0.15) is 0 Å². The van der Waals surface area contributed by atoms with Crippen molar-refractivity contribution in [1.29, 1.82) is 0 Å². The van der Waals surface area contributed by atoms with Crippen molar-refractivity contribution in [3.05, 3.63) is 36.3 Å². The van der Waals surface area contributed by atoms with E-state index in [1.807, 2.05) is 30.5 Å². The van der Waals surface area contributed by atoms with Crippen molar-refractivity contribution >= 4 is 17.9 Å². The highest BCUT2D eigenvalue weighted by molar-refractivity contribution is 5.84. The number of carbonyl (C=O) groups is 2. The quantitative estimate of drug-likeness (QED) is 0.520. The Bertz CT molecular complexity index is 1010. The summed E-state index contributed by atoms with van der Waals surface area (Å²) >= 11 is 0. The summed E-state index contributed by atoms with van der Waals surface area (Å²) < 4.78 is 4.64. The SMILES string of the molecule is COC(=O)Nc1ccc(-c2cnc(C3NCC(C4CCN(C(=O)O)CC4)CC3C3CC3)[nH]2)cc1. The Kier molecular flexibility index (Phi) is 6.45. The standard InChI is InChI=1S/C25H33N5O4/c1-34-24(31)28-19-6-4-17(5-7-19)21-14-27-23(29-21)22-20(16-2-3-16)12-18(13-26-22)15-8-10-30(11-9-15)25(32)33/h4-7,14-16,18,20,22,26H,2-3,8-13H2,1H3,(H,27,29)(H,28,31)(H,32,33). The molecule has 2 aromatic rings. The van der Waals surface area contributed by atoms with Crippen LogP contribution in [-0.2, 0) is 4.74 Å². The Balaban J connectivity index is 1.24. The van der Waals surface area contributed by atoms with Gasteiger partial charge < -0.3 is 25.0 Å². The molecule has 1 aliphatic carbocycles. The topological polar surface area (TPSA) is 120 Å². The van der Waals surface area contributed by atoms with Gasteiger partial charge in [-0.1, -0.05) is 12.1 Å². The maximum absolute atomic E-state index is 11.4. The monoisotopic (exact) mass is 467 g/mol. The van der Waals surface area contributed by atoms with E-state index >= 15 is 0 Å². The highest BCUT2D eigenvalue weighted by atomic mass is 16.5. The van der Waals surface area contributed by atoms with Gasteiger partial charge in [0.25, 0.3) is 0 Å². The number of hydrogen-bond donors (Lipinski definition) is 4. The third-order valence-corrected chi connectivity index (χ3v) is 7.83. The Morgan fingerprint density at radius 2 is 1.82 bits per heavy atom. The Hall–Kier alpha value is -3.07. The van der Waals surface area contributed by atoms with Crippen molar-refractivity contribution in [3.8, 4) is 11.3 Å². The molecule has 0 radical (unpaired) electrons. The molecule has 2 saturated heterocycles. The number of aromatic amines is 1. The summed E-state index contributed by atoms with van der Waals surface area (Å²) in [6.07, 6.45) is 6.29. The Morgan fingerprint density at radius 3 is 2.47 bits per heavy atom. The number of carboxylic acid groups (broad SMARTS) is 1. The summed E-state index contributed by atoms with van der Waals surface area (Å²) in [6, 6.07) is 7.82. The molecule has 0 spiro atoms. The van der Waals surface area contributed by atoms with E-state index < -0.39 is 12.2 Å². The van der Waals surface area contributed by atoms with E-state index in [-0.39, 0.29) is 6.04 Å². The lowest BCUT2D eigenvalue weighted by atomic mass is 9.73. The molecule has 3 atom stereocenters. The smallest absolute Gasteiger partial charge is 0.411 e. The minimum Gasteiger partial charge on any atom is -0.465 e. The minimum atomic E-state index is -0.792. The maximum Gasteiger partial charge on any atom is 0.411 e. The number of piperidine rings is 2. The van der Waals surface area contributed by atoms with Crippen molar-refractivity contribution in [1.82, 2.24) is 20.2 Å². The van der Waals surface area contributed by atoms with Crippen LogP contribution in [0.5, 0.6) is 0 Å². The highest BCUT2D eigenvalue weighted by Crippen LogP contribution is 2.49. The zero-order valence-electron chi connectivity index (χ0n) is 19.5. The number of H-pyrrole nitrogens is 1. The zero-order chi connectivity index (χ0) is 23.7. The van der Waals surface area contributed by atoms with E-state index in [9.17, 15) is 14.7 Å². The van der Waals surface area contributed by atoms with Crippen molar-refractivity contribution in [2.45, 2.75) is 38.1 Å². The number of nitrogens with zero attached hydrogens (tertiary/aromatic N) is 2. The number of hydrogen-bond acceptors (Lipinski definition) is 5. The van der Waals surface area contributed by atoms with E-state index in [1.165, 1.54) is 26.4 Å². The number of imidazole rings is 1. The molecule has 1 saturated carbocycles. The fraction of sp³-hybridized carbons (Fsp3) is 0.560. The van der Waals surface area contributed by atoms with Gasteiger partial charge in [0.2, 0.25) is 0 Å². The maximum atomic E-state index is 11.4. The van der Waals surface area contributed by atoms with Crippen LogP contribution in [0.25, 0.3) is 11.3 Å². The van der Waals surface area contributed by atoms with E-state index in [2.05, 4.69) is 20.4 Å². The van der Waals surface area contributed by atoms with Crippen molar-refractivity contribution in [2.75, 3.05) is 32.1 Å². The van der Waals surface area contributed by atoms with Gasteiger partial charge in [0, 0.05) is 18.8 Å². The normalized spacial score (nSPS) is 25.7. The van der Waals surface area contributed by atoms with E-state index in [0.29, 0.717) is 36.5 Å². The van der Waals surface area contributed by atoms with Gasteiger partial charge in [-0.25, -0.2) is 14.6 Å². The molecule has 3 unspecified atom stereocenters. The van der Waals surface area contributed by atoms with Crippen LogP contribution in [0.1, 0.15) is 44.0 Å². The van der Waals surface area contributed by atoms with Gasteiger partial charge in [-0.3, -0.25) is 5.32 Å². The first kappa shape index (κ1) is 22.7. The Morgan fingerprint density at radius 1 is 1.09 bits per heavy atom. The van der Waals surface area contributed by atoms with Crippen LogP contribution < -0.4 is 10.6 Å². The predicted molar refractivity (Wildman–Crippen MR) is 127 cm³/mol. The van der Waals surface area contributed by atoms with Gasteiger partial charge in [-0.05, 0) is 80.0 Å². The van der Waals surface area contributed by atoms with Gasteiger partial charge in [0.1, 0.15) is 5.82 Å². The number of rotatable bonds is 5. The molecular weight excluding hydrogens is 434 g/mol. The molecular formula is C25H33N5O4. The summed E-state index contributed by atoms with van der Waals surface area (Å²) in [5, 5.41) is 15.7. The average molecular weight is 468 g/mol. The van der Waals surface area contributed by atoms with Crippen LogP contribution in [0, 0.1) is 23.7 Å². The molecule has 2 aliphatic heterocycles. The first-order valence-electron chi connectivity index (χ1n) is 12.2. The third-order valence-electron chi connectivity index (χ3n) is 7.83. The summed E-state index contributed by atoms with van der Waals surface area (Å²) in [5.41, 5.74) is 2.65. The number of likely N-dealkylation sites (tertiary alicyclic amines) is 1. The van der Waals surface area contributed by atoms with Gasteiger partial charge in [0.05, 0.1) is 25.0 Å². The molecule has 9 heteroatoms. The number of carbonyl (C=O) groups excluding carboxylic acids is 1. The van der Waals surface area contributed by atoms with Crippen LogP contribution in [0.15, 0.2) is 30.5 Å². The van der Waals surface area contributed by atoms with Crippen molar-refractivity contribution < 1.29 is 19.4 Å². The lowest BCUT2D eigenvalue weighted by Gasteiger charge is -2.42. The molecule has 1 aromatic heterocycles. The lowest BCUT2D eigenvalue weighted by molar-refractivity contribution is 0.0865. The molecule has 5 rings (SSSR count). The average Bonchev–Trinajstić information content (AvgIpc) is 3.60. The fourth-order valence-electron chi connectivity index (χ4n) is 5.75. The summed E-state index contributed by atoms with van der Waals surface area (Å²) in [4.78, 5) is 32.5. The number of aromatic nitrogens is 2. The van der Waals surface area contributed by atoms with Crippen molar-refractivity contribution in [2.24, 2.45) is 23.7 Å². The number of methoxy groups -OCH3 is 1. The summed E-state index contributed by atoms with van der Waals surface area (Å²) in [7, 11) is 1.34. The second-order valence-corrected chi connectivity index (χ2v) is 9.87. The largest absolute Gasteiger partial charge is 0.465 e. The fourth-order valence-corrected chi connectivity index (χ4v) is 5.75. The number of anilines is 1. The molecule has 1 aromatic carbocycles. The van der Waals surface area contributed by atoms with Crippen LogP contribution in [0.3, 0.4) is 0 Å². The van der Waals surface area contributed by atoms with Crippen molar-refractivity contribution in [3.63, 3.8) is 0 Å². The number of benzene rings is 1. The van der Waals surface area contributed by atoms with Crippen LogP contribution in [0.2, 0.25) is 0 Å². The van der Waals surface area contributed by atoms with E-state index in [1.54, 1.807) is 4.90 Å². The Labute approximate surface area is 199 Å². The van der Waals surface area contributed by atoms with Crippen LogP contribution >= 0.6 is 0 Å². The number of amides is 2. The zero-order valence-corrected chi connectivity index (χ0v) is 19.5. The summed E-state index contributed by atoms with van der Waals surface area (Å²) in [6.45, 7) is 2.27.